The summed E-state index contributed by atoms with van der Waals surface area (Å²) in [4.78, 5) is 7.17. The third-order valence-electron chi connectivity index (χ3n) is 3.92. The van der Waals surface area contributed by atoms with Crippen molar-refractivity contribution in [2.24, 2.45) is 0 Å². The summed E-state index contributed by atoms with van der Waals surface area (Å²) in [5.41, 5.74) is 2.29. The maximum atomic E-state index is 5.50. The summed E-state index contributed by atoms with van der Waals surface area (Å²) in [5, 5.41) is 4.42. The maximum absolute atomic E-state index is 5.50. The predicted molar refractivity (Wildman–Crippen MR) is 82.0 cm³/mol. The van der Waals surface area contributed by atoms with E-state index < -0.39 is 0 Å². The van der Waals surface area contributed by atoms with Crippen molar-refractivity contribution in [1.29, 1.82) is 0 Å². The van der Waals surface area contributed by atoms with E-state index in [1.165, 1.54) is 10.9 Å². The fourth-order valence-electron chi connectivity index (χ4n) is 2.71. The van der Waals surface area contributed by atoms with Crippen LogP contribution in [0.2, 0.25) is 0 Å². The fraction of sp³-hybridized carbons (Fsp3) is 0.438. The van der Waals surface area contributed by atoms with Gasteiger partial charge in [0.05, 0.1) is 18.7 Å². The van der Waals surface area contributed by atoms with Gasteiger partial charge in [-0.25, -0.2) is 4.98 Å². The molecule has 0 bridgehead atoms. The predicted octanol–water partition coefficient (Wildman–Crippen LogP) is 2.50. The van der Waals surface area contributed by atoms with E-state index in [1.54, 1.807) is 0 Å². The molecule has 0 radical (unpaired) electrons. The van der Waals surface area contributed by atoms with Crippen LogP contribution in [-0.2, 0) is 11.3 Å². The first-order valence-corrected chi connectivity index (χ1v) is 7.16. The summed E-state index contributed by atoms with van der Waals surface area (Å²) < 4.78 is 5.50. The van der Waals surface area contributed by atoms with Crippen molar-refractivity contribution in [1.82, 2.24) is 9.88 Å². The second-order valence-corrected chi connectivity index (χ2v) is 5.33. The summed E-state index contributed by atoms with van der Waals surface area (Å²) in [6.07, 6.45) is 0. The summed E-state index contributed by atoms with van der Waals surface area (Å²) in [6.45, 7) is 5.75. The first-order chi connectivity index (χ1) is 9.78. The molecule has 2 aromatic rings. The van der Waals surface area contributed by atoms with Gasteiger partial charge in [0, 0.05) is 37.1 Å². The van der Waals surface area contributed by atoms with Gasteiger partial charge in [-0.1, -0.05) is 18.2 Å². The van der Waals surface area contributed by atoms with Gasteiger partial charge < -0.3 is 10.1 Å². The number of ether oxygens (including phenoxy) is 1. The van der Waals surface area contributed by atoms with Crippen LogP contribution in [0.3, 0.4) is 0 Å². The molecule has 20 heavy (non-hydrogen) atoms. The van der Waals surface area contributed by atoms with Gasteiger partial charge in [-0.05, 0) is 19.1 Å². The van der Waals surface area contributed by atoms with Crippen LogP contribution in [0.25, 0.3) is 10.9 Å². The molecule has 0 aliphatic carbocycles. The average molecular weight is 271 g/mol. The Morgan fingerprint density at radius 1 is 1.40 bits per heavy atom. The molecule has 1 aromatic heterocycles. The number of fused-ring (bicyclic) bond motifs is 1. The molecule has 1 N–H and O–H groups in total. The van der Waals surface area contributed by atoms with Crippen molar-refractivity contribution >= 4 is 16.7 Å². The van der Waals surface area contributed by atoms with Crippen LogP contribution in [-0.4, -0.2) is 42.7 Å². The zero-order valence-electron chi connectivity index (χ0n) is 12.1. The number of benzene rings is 1. The molecule has 106 valence electrons. The Labute approximate surface area is 119 Å². The van der Waals surface area contributed by atoms with Gasteiger partial charge in [0.15, 0.2) is 0 Å². The number of pyridine rings is 1. The highest BCUT2D eigenvalue weighted by atomic mass is 16.5. The van der Waals surface area contributed by atoms with E-state index in [4.69, 9.17) is 9.72 Å². The van der Waals surface area contributed by atoms with E-state index in [2.05, 4.69) is 41.4 Å². The first kappa shape index (κ1) is 13.3. The molecular formula is C16H21N3O. The number of morpholine rings is 1. The second kappa shape index (κ2) is 5.77. The highest BCUT2D eigenvalue weighted by Crippen LogP contribution is 2.23. The largest absolute Gasteiger partial charge is 0.379 e. The molecule has 3 rings (SSSR count). The normalized spacial score (nSPS) is 20.2. The number of hydrogen-bond donors (Lipinski definition) is 1. The number of anilines is 1. The third kappa shape index (κ3) is 2.62. The summed E-state index contributed by atoms with van der Waals surface area (Å²) in [5.74, 6) is 0.974. The van der Waals surface area contributed by atoms with E-state index in [9.17, 15) is 0 Å². The smallest absolute Gasteiger partial charge is 0.130 e. The molecule has 0 spiro atoms. The molecule has 1 atom stereocenters. The lowest BCUT2D eigenvalue weighted by molar-refractivity contribution is -0.00429. The average Bonchev–Trinajstić information content (AvgIpc) is 2.49. The number of para-hydroxylation sites is 1. The highest BCUT2D eigenvalue weighted by Gasteiger charge is 2.20. The number of aromatic nitrogens is 1. The Balaban J connectivity index is 1.92. The molecule has 1 aliphatic heterocycles. The van der Waals surface area contributed by atoms with Crippen LogP contribution >= 0.6 is 0 Å². The molecule has 0 saturated carbocycles. The molecule has 0 amide bonds. The topological polar surface area (TPSA) is 37.4 Å². The second-order valence-electron chi connectivity index (χ2n) is 5.33. The zero-order valence-corrected chi connectivity index (χ0v) is 12.1. The summed E-state index contributed by atoms with van der Waals surface area (Å²) in [6, 6.07) is 11.0. The standard InChI is InChI=1S/C16H21N3O/c1-12-11-20-8-7-19(12)10-14-9-13-5-3-4-6-15(13)18-16(14)17-2/h3-6,9,12H,7-8,10-11H2,1-2H3,(H,17,18). The first-order valence-electron chi connectivity index (χ1n) is 7.16. The van der Waals surface area contributed by atoms with Crippen LogP contribution in [0, 0.1) is 0 Å². The van der Waals surface area contributed by atoms with Gasteiger partial charge in [-0.2, -0.15) is 0 Å². The molecule has 4 nitrogen and oxygen atoms in total. The lowest BCUT2D eigenvalue weighted by Crippen LogP contribution is -2.43. The van der Waals surface area contributed by atoms with E-state index in [0.717, 1.165) is 37.6 Å². The monoisotopic (exact) mass is 271 g/mol. The number of nitrogens with zero attached hydrogens (tertiary/aromatic N) is 2. The number of hydrogen-bond acceptors (Lipinski definition) is 4. The third-order valence-corrected chi connectivity index (χ3v) is 3.92. The highest BCUT2D eigenvalue weighted by molar-refractivity contribution is 5.81. The molecule has 2 heterocycles. The molecule has 1 unspecified atom stereocenters. The minimum Gasteiger partial charge on any atom is -0.379 e. The lowest BCUT2D eigenvalue weighted by Gasteiger charge is -2.33. The Bertz CT molecular complexity index is 599. The molecule has 1 aromatic carbocycles. The van der Waals surface area contributed by atoms with Crippen molar-refractivity contribution < 1.29 is 4.74 Å². The van der Waals surface area contributed by atoms with Crippen molar-refractivity contribution in [3.8, 4) is 0 Å². The molecule has 4 heteroatoms. The van der Waals surface area contributed by atoms with Crippen LogP contribution in [0.1, 0.15) is 12.5 Å². The van der Waals surface area contributed by atoms with Crippen molar-refractivity contribution in [2.75, 3.05) is 32.1 Å². The van der Waals surface area contributed by atoms with E-state index in [-0.39, 0.29) is 0 Å². The lowest BCUT2D eigenvalue weighted by atomic mass is 10.1. The van der Waals surface area contributed by atoms with Crippen molar-refractivity contribution in [3.63, 3.8) is 0 Å². The SMILES string of the molecule is CNc1nc2ccccc2cc1CN1CCOCC1C. The minimum absolute atomic E-state index is 0.458. The van der Waals surface area contributed by atoms with Gasteiger partial charge in [0.1, 0.15) is 5.82 Å². The number of rotatable bonds is 3. The van der Waals surface area contributed by atoms with Crippen molar-refractivity contribution in [3.05, 3.63) is 35.9 Å². The fourth-order valence-corrected chi connectivity index (χ4v) is 2.71. The van der Waals surface area contributed by atoms with Gasteiger partial charge in [0.25, 0.3) is 0 Å². The molecular weight excluding hydrogens is 250 g/mol. The van der Waals surface area contributed by atoms with Crippen molar-refractivity contribution in [2.45, 2.75) is 19.5 Å². The van der Waals surface area contributed by atoms with Gasteiger partial charge in [0.2, 0.25) is 0 Å². The summed E-state index contributed by atoms with van der Waals surface area (Å²) >= 11 is 0. The van der Waals surface area contributed by atoms with Gasteiger partial charge >= 0.3 is 0 Å². The van der Waals surface area contributed by atoms with E-state index in [0.29, 0.717) is 6.04 Å². The Morgan fingerprint density at radius 3 is 3.05 bits per heavy atom. The Morgan fingerprint density at radius 2 is 2.25 bits per heavy atom. The molecule has 1 fully saturated rings. The van der Waals surface area contributed by atoms with E-state index >= 15 is 0 Å². The Kier molecular flexibility index (Phi) is 3.85. The zero-order chi connectivity index (χ0) is 13.9. The Hall–Kier alpha value is -1.65. The van der Waals surface area contributed by atoms with Crippen LogP contribution in [0.4, 0.5) is 5.82 Å². The van der Waals surface area contributed by atoms with Crippen LogP contribution in [0.15, 0.2) is 30.3 Å². The molecule has 1 saturated heterocycles. The number of nitrogens with one attached hydrogen (secondary N) is 1. The van der Waals surface area contributed by atoms with Gasteiger partial charge in [-0.3, -0.25) is 4.90 Å². The van der Waals surface area contributed by atoms with E-state index in [1.807, 2.05) is 13.1 Å². The van der Waals surface area contributed by atoms with Crippen LogP contribution in [0.5, 0.6) is 0 Å². The molecule has 1 aliphatic rings. The summed E-state index contributed by atoms with van der Waals surface area (Å²) in [7, 11) is 1.93. The minimum atomic E-state index is 0.458. The van der Waals surface area contributed by atoms with Crippen LogP contribution < -0.4 is 5.32 Å². The van der Waals surface area contributed by atoms with Gasteiger partial charge in [-0.15, -0.1) is 0 Å². The maximum Gasteiger partial charge on any atom is 0.130 e. The quantitative estimate of drug-likeness (QED) is 0.930.